The fraction of sp³-hybridized carbons (Fsp3) is 0.529. The predicted molar refractivity (Wildman–Crippen MR) is 95.4 cm³/mol. The third kappa shape index (κ3) is 5.69. The number of nitrogens with one attached hydrogen (secondary N) is 1. The number of nitrogens with two attached hydrogens (primary N) is 1. The maximum atomic E-state index is 12.4. The fourth-order valence-corrected chi connectivity index (χ4v) is 2.83. The van der Waals surface area contributed by atoms with Crippen LogP contribution in [0.5, 0.6) is 5.75 Å². The SMILES string of the molecule is COc1ccccc1CC(=O)N1CCC(NC(=O)CCN)CC1.Cl. The monoisotopic (exact) mass is 355 g/mol. The average molecular weight is 356 g/mol. The molecule has 134 valence electrons. The second kappa shape index (κ2) is 10.2. The molecule has 1 heterocycles. The van der Waals surface area contributed by atoms with Crippen molar-refractivity contribution in [2.75, 3.05) is 26.7 Å². The van der Waals surface area contributed by atoms with Crippen molar-refractivity contribution in [1.82, 2.24) is 10.2 Å². The van der Waals surface area contributed by atoms with Gasteiger partial charge >= 0.3 is 0 Å². The molecule has 1 saturated heterocycles. The molecular weight excluding hydrogens is 330 g/mol. The van der Waals surface area contributed by atoms with Crippen LogP contribution in [0, 0.1) is 0 Å². The van der Waals surface area contributed by atoms with Crippen molar-refractivity contribution in [3.05, 3.63) is 29.8 Å². The number of benzene rings is 1. The van der Waals surface area contributed by atoms with Gasteiger partial charge in [-0.05, 0) is 18.9 Å². The summed E-state index contributed by atoms with van der Waals surface area (Å²) in [5.74, 6) is 0.831. The standard InChI is InChI=1S/C17H25N3O3.ClH/c1-23-15-5-3-2-4-13(15)12-17(22)20-10-7-14(8-11-20)19-16(21)6-9-18;/h2-5,14H,6-12,18H2,1H3,(H,19,21);1H. The minimum atomic E-state index is -0.00806. The lowest BCUT2D eigenvalue weighted by Crippen LogP contribution is -2.47. The van der Waals surface area contributed by atoms with Gasteiger partial charge in [0.25, 0.3) is 0 Å². The van der Waals surface area contributed by atoms with E-state index >= 15 is 0 Å². The molecule has 1 aromatic rings. The van der Waals surface area contributed by atoms with Gasteiger partial charge in [-0.25, -0.2) is 0 Å². The lowest BCUT2D eigenvalue weighted by molar-refractivity contribution is -0.131. The molecule has 24 heavy (non-hydrogen) atoms. The molecule has 0 atom stereocenters. The summed E-state index contributed by atoms with van der Waals surface area (Å²) in [6.45, 7) is 1.70. The Morgan fingerprint density at radius 2 is 1.96 bits per heavy atom. The molecule has 0 bridgehead atoms. The molecule has 2 amide bonds. The Kier molecular flexibility index (Phi) is 8.57. The van der Waals surface area contributed by atoms with Gasteiger partial charge in [-0.15, -0.1) is 12.4 Å². The molecule has 0 spiro atoms. The zero-order valence-corrected chi connectivity index (χ0v) is 14.8. The predicted octanol–water partition coefficient (Wildman–Crippen LogP) is 1.12. The molecule has 0 aromatic heterocycles. The number of methoxy groups -OCH3 is 1. The summed E-state index contributed by atoms with van der Waals surface area (Å²) in [5.41, 5.74) is 6.27. The largest absolute Gasteiger partial charge is 0.496 e. The van der Waals surface area contributed by atoms with Crippen molar-refractivity contribution in [1.29, 1.82) is 0 Å². The molecule has 0 radical (unpaired) electrons. The first kappa shape index (κ1) is 20.3. The molecule has 1 aliphatic heterocycles. The summed E-state index contributed by atoms with van der Waals surface area (Å²) in [6, 6.07) is 7.72. The average Bonchev–Trinajstić information content (AvgIpc) is 2.56. The lowest BCUT2D eigenvalue weighted by atomic mass is 10.0. The zero-order valence-electron chi connectivity index (χ0n) is 14.0. The van der Waals surface area contributed by atoms with E-state index in [0.717, 1.165) is 24.2 Å². The molecule has 0 aliphatic carbocycles. The molecule has 1 aromatic carbocycles. The van der Waals surface area contributed by atoms with Crippen molar-refractivity contribution in [3.63, 3.8) is 0 Å². The van der Waals surface area contributed by atoms with Gasteiger partial charge in [-0.3, -0.25) is 9.59 Å². The van der Waals surface area contributed by atoms with Crippen LogP contribution in [0.4, 0.5) is 0 Å². The van der Waals surface area contributed by atoms with Gasteiger partial charge in [0.05, 0.1) is 13.5 Å². The molecular formula is C17H26ClN3O3. The Bertz CT molecular complexity index is 546. The van der Waals surface area contributed by atoms with E-state index in [4.69, 9.17) is 10.5 Å². The van der Waals surface area contributed by atoms with Crippen LogP contribution in [0.25, 0.3) is 0 Å². The van der Waals surface area contributed by atoms with Crippen molar-refractivity contribution in [2.24, 2.45) is 5.73 Å². The molecule has 2 rings (SSSR count). The van der Waals surface area contributed by atoms with E-state index in [1.165, 1.54) is 0 Å². The molecule has 6 nitrogen and oxygen atoms in total. The van der Waals surface area contributed by atoms with Crippen molar-refractivity contribution in [2.45, 2.75) is 31.7 Å². The number of rotatable bonds is 6. The van der Waals surface area contributed by atoms with Crippen molar-refractivity contribution < 1.29 is 14.3 Å². The smallest absolute Gasteiger partial charge is 0.227 e. The number of halogens is 1. The Morgan fingerprint density at radius 1 is 1.29 bits per heavy atom. The maximum absolute atomic E-state index is 12.4. The fourth-order valence-electron chi connectivity index (χ4n) is 2.83. The zero-order chi connectivity index (χ0) is 16.7. The third-order valence-corrected chi connectivity index (χ3v) is 4.12. The summed E-state index contributed by atoms with van der Waals surface area (Å²) < 4.78 is 5.29. The Balaban J connectivity index is 0.00000288. The first-order valence-electron chi connectivity index (χ1n) is 8.03. The number of likely N-dealkylation sites (tertiary alicyclic amines) is 1. The van der Waals surface area contributed by atoms with E-state index < -0.39 is 0 Å². The van der Waals surface area contributed by atoms with Crippen molar-refractivity contribution in [3.8, 4) is 5.75 Å². The van der Waals surface area contributed by atoms with E-state index in [-0.39, 0.29) is 30.3 Å². The molecule has 7 heteroatoms. The van der Waals surface area contributed by atoms with Crippen LogP contribution >= 0.6 is 12.4 Å². The molecule has 0 unspecified atom stereocenters. The van der Waals surface area contributed by atoms with Crippen LogP contribution in [-0.2, 0) is 16.0 Å². The van der Waals surface area contributed by atoms with Gasteiger partial charge in [0.15, 0.2) is 0 Å². The number of ether oxygens (including phenoxy) is 1. The highest BCUT2D eigenvalue weighted by molar-refractivity contribution is 5.85. The highest BCUT2D eigenvalue weighted by Crippen LogP contribution is 2.19. The summed E-state index contributed by atoms with van der Waals surface area (Å²) in [5, 5.41) is 2.97. The number of hydrogen-bond donors (Lipinski definition) is 2. The normalized spacial score (nSPS) is 14.7. The Hall–Kier alpha value is -1.79. The third-order valence-electron chi connectivity index (χ3n) is 4.12. The first-order valence-corrected chi connectivity index (χ1v) is 8.03. The van der Waals surface area contributed by atoms with Crippen LogP contribution in [0.15, 0.2) is 24.3 Å². The summed E-state index contributed by atoms with van der Waals surface area (Å²) in [4.78, 5) is 25.8. The molecule has 3 N–H and O–H groups in total. The van der Waals surface area contributed by atoms with E-state index in [0.29, 0.717) is 32.5 Å². The number of nitrogens with zero attached hydrogens (tertiary/aromatic N) is 1. The van der Waals surface area contributed by atoms with Gasteiger partial charge in [-0.1, -0.05) is 18.2 Å². The van der Waals surface area contributed by atoms with E-state index in [1.807, 2.05) is 29.2 Å². The molecule has 1 aliphatic rings. The van der Waals surface area contributed by atoms with Crippen LogP contribution < -0.4 is 15.8 Å². The first-order chi connectivity index (χ1) is 11.1. The van der Waals surface area contributed by atoms with Crippen LogP contribution in [0.3, 0.4) is 0 Å². The van der Waals surface area contributed by atoms with Crippen LogP contribution in [0.2, 0.25) is 0 Å². The van der Waals surface area contributed by atoms with Gasteiger partial charge < -0.3 is 20.7 Å². The van der Waals surface area contributed by atoms with Gasteiger partial charge in [0.2, 0.25) is 11.8 Å². The number of piperidine rings is 1. The highest BCUT2D eigenvalue weighted by atomic mass is 35.5. The second-order valence-corrected chi connectivity index (χ2v) is 5.75. The van der Waals surface area contributed by atoms with E-state index in [2.05, 4.69) is 5.32 Å². The summed E-state index contributed by atoms with van der Waals surface area (Å²) in [6.07, 6.45) is 2.27. The topological polar surface area (TPSA) is 84.7 Å². The van der Waals surface area contributed by atoms with Crippen molar-refractivity contribution >= 4 is 24.2 Å². The Labute approximate surface area is 149 Å². The quantitative estimate of drug-likeness (QED) is 0.800. The lowest BCUT2D eigenvalue weighted by Gasteiger charge is -2.32. The minimum Gasteiger partial charge on any atom is -0.496 e. The van der Waals surface area contributed by atoms with Crippen LogP contribution in [-0.4, -0.2) is 49.5 Å². The summed E-state index contributed by atoms with van der Waals surface area (Å²) in [7, 11) is 1.61. The van der Waals surface area contributed by atoms with E-state index in [9.17, 15) is 9.59 Å². The second-order valence-electron chi connectivity index (χ2n) is 5.75. The van der Waals surface area contributed by atoms with Gasteiger partial charge in [-0.2, -0.15) is 0 Å². The number of para-hydroxylation sites is 1. The number of carbonyl (C=O) groups excluding carboxylic acids is 2. The van der Waals surface area contributed by atoms with E-state index in [1.54, 1.807) is 7.11 Å². The minimum absolute atomic E-state index is 0. The maximum Gasteiger partial charge on any atom is 0.227 e. The van der Waals surface area contributed by atoms with Crippen LogP contribution in [0.1, 0.15) is 24.8 Å². The Morgan fingerprint density at radius 3 is 2.58 bits per heavy atom. The van der Waals surface area contributed by atoms with Gasteiger partial charge in [0, 0.05) is 37.7 Å². The molecule has 1 fully saturated rings. The number of hydrogen-bond acceptors (Lipinski definition) is 4. The number of amides is 2. The highest BCUT2D eigenvalue weighted by Gasteiger charge is 2.24. The molecule has 0 saturated carbocycles. The van der Waals surface area contributed by atoms with Gasteiger partial charge in [0.1, 0.15) is 5.75 Å². The summed E-state index contributed by atoms with van der Waals surface area (Å²) >= 11 is 0. The number of carbonyl (C=O) groups is 2.